The summed E-state index contributed by atoms with van der Waals surface area (Å²) in [7, 11) is 0. The predicted molar refractivity (Wildman–Crippen MR) is 102 cm³/mol. The number of rotatable bonds is 2. The zero-order chi connectivity index (χ0) is 16.0. The molecule has 0 saturated heterocycles. The van der Waals surface area contributed by atoms with Crippen LogP contribution in [0.4, 0.5) is 0 Å². The molecular formula is C13H8Cl6S2. The van der Waals surface area contributed by atoms with Gasteiger partial charge in [-0.15, -0.1) is 12.6 Å². The van der Waals surface area contributed by atoms with E-state index in [1.165, 1.54) is 11.8 Å². The lowest BCUT2D eigenvalue weighted by atomic mass is 10.4. The molecule has 0 aliphatic heterocycles. The van der Waals surface area contributed by atoms with Crippen molar-refractivity contribution in [3.63, 3.8) is 0 Å². The molecule has 0 heterocycles. The topological polar surface area (TPSA) is 0 Å². The highest BCUT2D eigenvalue weighted by atomic mass is 35.5. The first-order valence-corrected chi connectivity index (χ1v) is 9.06. The smallest absolute Gasteiger partial charge is 0.140 e. The van der Waals surface area contributed by atoms with Crippen LogP contribution in [0.25, 0.3) is 0 Å². The summed E-state index contributed by atoms with van der Waals surface area (Å²) < 4.78 is -0.553. The van der Waals surface area contributed by atoms with Crippen molar-refractivity contribution in [3.05, 3.63) is 56.5 Å². The molecule has 0 radical (unpaired) electrons. The van der Waals surface area contributed by atoms with Crippen molar-refractivity contribution < 1.29 is 0 Å². The van der Waals surface area contributed by atoms with E-state index in [0.717, 1.165) is 4.90 Å². The maximum absolute atomic E-state index is 5.85. The third kappa shape index (κ3) is 6.88. The molecule has 21 heavy (non-hydrogen) atoms. The molecule has 8 heteroatoms. The van der Waals surface area contributed by atoms with Crippen molar-refractivity contribution in [2.75, 3.05) is 0 Å². The minimum absolute atomic E-state index is 0.553. The maximum atomic E-state index is 5.85. The van der Waals surface area contributed by atoms with Crippen molar-refractivity contribution in [1.29, 1.82) is 0 Å². The van der Waals surface area contributed by atoms with E-state index in [4.69, 9.17) is 69.6 Å². The number of alkyl halides is 2. The highest BCUT2D eigenvalue weighted by Gasteiger charge is 2.09. The number of thiol groups is 1. The quantitative estimate of drug-likeness (QED) is 0.279. The van der Waals surface area contributed by atoms with E-state index in [0.29, 0.717) is 25.0 Å². The highest BCUT2D eigenvalue weighted by Crippen LogP contribution is 2.38. The molecule has 0 aliphatic carbocycles. The van der Waals surface area contributed by atoms with Crippen LogP contribution in [0.15, 0.2) is 46.2 Å². The van der Waals surface area contributed by atoms with Crippen LogP contribution in [0.5, 0.6) is 0 Å². The standard InChI is InChI=1S/C7H4Cl4S.C6H4Cl2S/c8-4-2-1-3-5(9)6(4)12-7(10)11;7-4-2-1-3-5(8)6(4)9/h1-3,7H;1-3,9H. The van der Waals surface area contributed by atoms with E-state index in [1.54, 1.807) is 36.4 Å². The Bertz CT molecular complexity index is 563. The van der Waals surface area contributed by atoms with Gasteiger partial charge in [-0.2, -0.15) is 0 Å². The lowest BCUT2D eigenvalue weighted by Crippen LogP contribution is -1.81. The monoisotopic (exact) mass is 438 g/mol. The van der Waals surface area contributed by atoms with E-state index in [2.05, 4.69) is 12.6 Å². The van der Waals surface area contributed by atoms with E-state index < -0.39 is 4.17 Å². The molecule has 0 atom stereocenters. The fourth-order valence-corrected chi connectivity index (χ4v) is 3.46. The first-order chi connectivity index (χ1) is 9.82. The van der Waals surface area contributed by atoms with Gasteiger partial charge in [-0.05, 0) is 24.3 Å². The molecule has 0 aliphatic rings. The number of halogens is 6. The van der Waals surface area contributed by atoms with Crippen LogP contribution in [0, 0.1) is 0 Å². The molecule has 0 spiro atoms. The number of hydrogen-bond acceptors (Lipinski definition) is 2. The Labute approximate surface area is 163 Å². The van der Waals surface area contributed by atoms with Gasteiger partial charge < -0.3 is 0 Å². The van der Waals surface area contributed by atoms with Crippen LogP contribution in [0.3, 0.4) is 0 Å². The van der Waals surface area contributed by atoms with Crippen LogP contribution in [-0.4, -0.2) is 4.17 Å². The molecular weight excluding hydrogens is 433 g/mol. The molecule has 0 nitrogen and oxygen atoms in total. The van der Waals surface area contributed by atoms with Crippen molar-refractivity contribution in [2.45, 2.75) is 14.0 Å². The zero-order valence-corrected chi connectivity index (χ0v) is 16.4. The van der Waals surface area contributed by atoms with Crippen molar-refractivity contribution in [3.8, 4) is 0 Å². The average molecular weight is 441 g/mol. The van der Waals surface area contributed by atoms with Crippen molar-refractivity contribution >= 4 is 94.0 Å². The Morgan fingerprint density at radius 2 is 1.14 bits per heavy atom. The number of hydrogen-bond donors (Lipinski definition) is 1. The van der Waals surface area contributed by atoms with Gasteiger partial charge in [0.2, 0.25) is 0 Å². The second-order valence-electron chi connectivity index (χ2n) is 3.50. The second-order valence-corrected chi connectivity index (χ2v) is 8.30. The lowest BCUT2D eigenvalue weighted by molar-refractivity contribution is 1.46. The Kier molecular flexibility index (Phi) is 9.39. The first-order valence-electron chi connectivity index (χ1n) is 5.34. The Morgan fingerprint density at radius 1 is 0.762 bits per heavy atom. The number of benzene rings is 2. The van der Waals surface area contributed by atoms with E-state index >= 15 is 0 Å². The maximum Gasteiger partial charge on any atom is 0.157 e. The van der Waals surface area contributed by atoms with Crippen LogP contribution in [0.2, 0.25) is 20.1 Å². The highest BCUT2D eigenvalue weighted by molar-refractivity contribution is 8.02. The summed E-state index contributed by atoms with van der Waals surface area (Å²) in [5.41, 5.74) is 0. The van der Waals surface area contributed by atoms with Crippen molar-refractivity contribution in [2.24, 2.45) is 0 Å². The summed E-state index contributed by atoms with van der Waals surface area (Å²) >= 11 is 39.4. The Morgan fingerprint density at radius 3 is 1.48 bits per heavy atom. The SMILES string of the molecule is Clc1cccc(Cl)c1SC(Cl)Cl.Sc1c(Cl)cccc1Cl. The van der Waals surface area contributed by atoms with Gasteiger partial charge in [-0.3, -0.25) is 0 Å². The summed E-state index contributed by atoms with van der Waals surface area (Å²) in [6.07, 6.45) is 0. The predicted octanol–water partition coefficient (Wildman–Crippen LogP) is 8.13. The van der Waals surface area contributed by atoms with Crippen LogP contribution < -0.4 is 0 Å². The summed E-state index contributed by atoms with van der Waals surface area (Å²) in [6, 6.07) is 10.5. The van der Waals surface area contributed by atoms with Gasteiger partial charge in [0.15, 0.2) is 4.17 Å². The molecule has 2 rings (SSSR count). The van der Waals surface area contributed by atoms with Crippen LogP contribution in [-0.2, 0) is 0 Å². The summed E-state index contributed by atoms with van der Waals surface area (Å²) in [5, 5.41) is 2.31. The molecule has 114 valence electrons. The van der Waals surface area contributed by atoms with Gasteiger partial charge >= 0.3 is 0 Å². The van der Waals surface area contributed by atoms with Gasteiger partial charge in [-0.25, -0.2) is 0 Å². The van der Waals surface area contributed by atoms with Crippen LogP contribution in [0.1, 0.15) is 0 Å². The molecule has 0 N–H and O–H groups in total. The van der Waals surface area contributed by atoms with E-state index in [-0.39, 0.29) is 0 Å². The second kappa shape index (κ2) is 9.89. The molecule has 0 saturated carbocycles. The van der Waals surface area contributed by atoms with Gasteiger partial charge in [0.1, 0.15) is 0 Å². The third-order valence-electron chi connectivity index (χ3n) is 2.06. The minimum Gasteiger partial charge on any atom is -0.140 e. The molecule has 2 aromatic carbocycles. The molecule has 0 aromatic heterocycles. The summed E-state index contributed by atoms with van der Waals surface area (Å²) in [5.74, 6) is 0. The zero-order valence-electron chi connectivity index (χ0n) is 10.2. The lowest BCUT2D eigenvalue weighted by Gasteiger charge is -2.05. The van der Waals surface area contributed by atoms with E-state index in [9.17, 15) is 0 Å². The van der Waals surface area contributed by atoms with Gasteiger partial charge in [0.05, 0.1) is 20.1 Å². The fourth-order valence-electron chi connectivity index (χ4n) is 1.17. The fraction of sp³-hybridized carbons (Fsp3) is 0.0769. The Balaban J connectivity index is 0.000000219. The van der Waals surface area contributed by atoms with Crippen molar-refractivity contribution in [1.82, 2.24) is 0 Å². The third-order valence-corrected chi connectivity index (χ3v) is 5.68. The Hall–Kier alpha value is 0.880. The molecule has 0 unspecified atom stereocenters. The van der Waals surface area contributed by atoms with Gasteiger partial charge in [-0.1, -0.05) is 93.5 Å². The molecule has 0 fully saturated rings. The molecule has 0 bridgehead atoms. The molecule has 2 aromatic rings. The molecule has 0 amide bonds. The summed E-state index contributed by atoms with van der Waals surface area (Å²) in [4.78, 5) is 1.36. The minimum atomic E-state index is -0.553. The van der Waals surface area contributed by atoms with Gasteiger partial charge in [0.25, 0.3) is 0 Å². The normalized spacial score (nSPS) is 10.3. The average Bonchev–Trinajstić information content (AvgIpc) is 2.41. The summed E-state index contributed by atoms with van der Waals surface area (Å²) in [6.45, 7) is 0. The van der Waals surface area contributed by atoms with Gasteiger partial charge in [0, 0.05) is 9.79 Å². The first kappa shape index (κ1) is 19.9. The largest absolute Gasteiger partial charge is 0.157 e. The number of thioether (sulfide) groups is 1. The van der Waals surface area contributed by atoms with E-state index in [1.807, 2.05) is 0 Å². The van der Waals surface area contributed by atoms with Crippen LogP contribution >= 0.6 is 94.0 Å².